The van der Waals surface area contributed by atoms with E-state index in [0.29, 0.717) is 17.3 Å². The molecule has 31 heavy (non-hydrogen) atoms. The van der Waals surface area contributed by atoms with E-state index in [0.717, 1.165) is 48.7 Å². The van der Waals surface area contributed by atoms with Gasteiger partial charge in [0.05, 0.1) is 11.3 Å². The minimum Gasteiger partial charge on any atom is -0.360 e. The van der Waals surface area contributed by atoms with Gasteiger partial charge in [-0.2, -0.15) is 13.2 Å². The number of hydrogen-bond donors (Lipinski definition) is 1. The summed E-state index contributed by atoms with van der Waals surface area (Å²) in [4.78, 5) is 9.76. The summed E-state index contributed by atoms with van der Waals surface area (Å²) in [7, 11) is 0. The number of nitrogens with zero attached hydrogens (tertiary/aromatic N) is 2. The second kappa shape index (κ2) is 7.84. The maximum atomic E-state index is 13.3. The van der Waals surface area contributed by atoms with Crippen LogP contribution in [-0.2, 0) is 6.18 Å². The SMILES string of the molecule is FC(F)(F)c1cccc(-c2[nH]cc(C3=CC4CC(Cl)CN4CC3)c2-c2ccncc2)c1. The summed E-state index contributed by atoms with van der Waals surface area (Å²) in [6, 6.07) is 9.55. The van der Waals surface area contributed by atoms with Gasteiger partial charge in [-0.15, -0.1) is 11.6 Å². The number of aromatic amines is 1. The number of rotatable bonds is 3. The summed E-state index contributed by atoms with van der Waals surface area (Å²) in [5.41, 5.74) is 4.58. The molecular weight excluding hydrogens is 423 g/mol. The first-order chi connectivity index (χ1) is 14.9. The topological polar surface area (TPSA) is 31.9 Å². The predicted molar refractivity (Wildman–Crippen MR) is 117 cm³/mol. The average Bonchev–Trinajstić information content (AvgIpc) is 3.36. The van der Waals surface area contributed by atoms with Crippen LogP contribution in [0.25, 0.3) is 28.0 Å². The second-order valence-electron chi connectivity index (χ2n) is 8.10. The zero-order chi connectivity index (χ0) is 21.6. The van der Waals surface area contributed by atoms with Crippen LogP contribution in [0, 0.1) is 0 Å². The first kappa shape index (κ1) is 20.3. The number of fused-ring (bicyclic) bond motifs is 1. The van der Waals surface area contributed by atoms with E-state index in [2.05, 4.69) is 20.9 Å². The molecule has 1 aromatic carbocycles. The third-order valence-electron chi connectivity index (χ3n) is 6.13. The second-order valence-corrected chi connectivity index (χ2v) is 8.72. The fourth-order valence-corrected chi connectivity index (χ4v) is 5.04. The van der Waals surface area contributed by atoms with Gasteiger partial charge in [-0.05, 0) is 53.8 Å². The molecule has 2 aliphatic heterocycles. The summed E-state index contributed by atoms with van der Waals surface area (Å²) in [6.07, 6.45) is 4.99. The summed E-state index contributed by atoms with van der Waals surface area (Å²) in [6.45, 7) is 1.83. The van der Waals surface area contributed by atoms with Gasteiger partial charge in [0, 0.05) is 54.2 Å². The number of nitrogens with one attached hydrogen (secondary N) is 1. The average molecular weight is 444 g/mol. The Bertz CT molecular complexity index is 1120. The molecule has 0 saturated carbocycles. The molecule has 160 valence electrons. The van der Waals surface area contributed by atoms with Crippen LogP contribution < -0.4 is 0 Å². The Morgan fingerprint density at radius 3 is 2.68 bits per heavy atom. The van der Waals surface area contributed by atoms with Gasteiger partial charge in [0.15, 0.2) is 0 Å². The zero-order valence-electron chi connectivity index (χ0n) is 16.7. The molecule has 0 aliphatic carbocycles. The first-order valence-corrected chi connectivity index (χ1v) is 10.7. The monoisotopic (exact) mass is 443 g/mol. The maximum Gasteiger partial charge on any atom is 0.416 e. The normalized spacial score (nSPS) is 21.7. The lowest BCUT2D eigenvalue weighted by atomic mass is 9.90. The van der Waals surface area contributed by atoms with Crippen molar-refractivity contribution in [2.75, 3.05) is 13.1 Å². The Balaban J connectivity index is 1.63. The molecular formula is C24H21ClF3N3. The van der Waals surface area contributed by atoms with Gasteiger partial charge in [0.2, 0.25) is 0 Å². The van der Waals surface area contributed by atoms with Gasteiger partial charge < -0.3 is 4.98 Å². The van der Waals surface area contributed by atoms with Crippen LogP contribution in [0.3, 0.4) is 0 Å². The van der Waals surface area contributed by atoms with E-state index in [9.17, 15) is 13.2 Å². The fraction of sp³-hybridized carbons (Fsp3) is 0.292. The zero-order valence-corrected chi connectivity index (χ0v) is 17.4. The lowest BCUT2D eigenvalue weighted by molar-refractivity contribution is -0.137. The molecule has 1 fully saturated rings. The molecule has 0 bridgehead atoms. The molecule has 2 unspecified atom stereocenters. The van der Waals surface area contributed by atoms with Crippen LogP contribution in [0.2, 0.25) is 0 Å². The van der Waals surface area contributed by atoms with Crippen molar-refractivity contribution < 1.29 is 13.2 Å². The molecule has 5 rings (SSSR count). The highest BCUT2D eigenvalue weighted by Crippen LogP contribution is 2.42. The highest BCUT2D eigenvalue weighted by Gasteiger charge is 2.34. The van der Waals surface area contributed by atoms with Crippen LogP contribution in [0.15, 0.2) is 61.1 Å². The lowest BCUT2D eigenvalue weighted by Gasteiger charge is -2.28. The van der Waals surface area contributed by atoms with Gasteiger partial charge in [0.25, 0.3) is 0 Å². The maximum absolute atomic E-state index is 13.3. The van der Waals surface area contributed by atoms with Crippen molar-refractivity contribution in [3.8, 4) is 22.4 Å². The van der Waals surface area contributed by atoms with Crippen LogP contribution in [0.4, 0.5) is 13.2 Å². The fourth-order valence-electron chi connectivity index (χ4n) is 4.68. The molecule has 4 heterocycles. The number of pyridine rings is 1. The number of benzene rings is 1. The standard InChI is InChI=1S/C24H21ClF3N3/c25-19-12-20-11-16(6-9-31(20)14-19)21-13-30-23(22(21)15-4-7-29-8-5-15)17-2-1-3-18(10-17)24(26,27)28/h1-5,7-8,10-11,13,19-20,30H,6,9,12,14H2. The molecule has 7 heteroatoms. The van der Waals surface area contributed by atoms with Crippen molar-refractivity contribution in [3.63, 3.8) is 0 Å². The quantitative estimate of drug-likeness (QED) is 0.486. The molecule has 2 aromatic heterocycles. The lowest BCUT2D eigenvalue weighted by Crippen LogP contribution is -2.32. The van der Waals surface area contributed by atoms with Crippen molar-refractivity contribution in [2.45, 2.75) is 30.4 Å². The van der Waals surface area contributed by atoms with Gasteiger partial charge in [-0.1, -0.05) is 18.2 Å². The third kappa shape index (κ3) is 3.90. The summed E-state index contributed by atoms with van der Waals surface area (Å²) < 4.78 is 39.9. The van der Waals surface area contributed by atoms with E-state index >= 15 is 0 Å². The van der Waals surface area contributed by atoms with Crippen LogP contribution >= 0.6 is 11.6 Å². The molecule has 3 nitrogen and oxygen atoms in total. The number of aromatic nitrogens is 2. The van der Waals surface area contributed by atoms with Gasteiger partial charge in [-0.25, -0.2) is 0 Å². The van der Waals surface area contributed by atoms with Crippen molar-refractivity contribution >= 4 is 17.2 Å². The molecule has 0 amide bonds. The highest BCUT2D eigenvalue weighted by atomic mass is 35.5. The van der Waals surface area contributed by atoms with Crippen molar-refractivity contribution in [1.29, 1.82) is 0 Å². The summed E-state index contributed by atoms with van der Waals surface area (Å²) in [5.74, 6) is 0. The first-order valence-electron chi connectivity index (χ1n) is 10.3. The van der Waals surface area contributed by atoms with Crippen molar-refractivity contribution in [1.82, 2.24) is 14.9 Å². The third-order valence-corrected chi connectivity index (χ3v) is 6.45. The Labute approximate surface area is 183 Å². The molecule has 3 aromatic rings. The Kier molecular flexibility index (Phi) is 5.15. The Hall–Kier alpha value is -2.57. The number of H-pyrrole nitrogens is 1. The van der Waals surface area contributed by atoms with Crippen LogP contribution in [-0.4, -0.2) is 39.4 Å². The minimum atomic E-state index is -4.39. The predicted octanol–water partition coefficient (Wildman–Crippen LogP) is 6.23. The summed E-state index contributed by atoms with van der Waals surface area (Å²) in [5, 5.41) is 0.159. The van der Waals surface area contributed by atoms with Gasteiger partial charge >= 0.3 is 6.18 Å². The van der Waals surface area contributed by atoms with Crippen molar-refractivity contribution in [3.05, 3.63) is 72.2 Å². The van der Waals surface area contributed by atoms with Gasteiger partial charge in [0.1, 0.15) is 0 Å². The van der Waals surface area contributed by atoms with E-state index in [1.54, 1.807) is 18.5 Å². The van der Waals surface area contributed by atoms with Gasteiger partial charge in [-0.3, -0.25) is 9.88 Å². The Morgan fingerprint density at radius 1 is 1.10 bits per heavy atom. The minimum absolute atomic E-state index is 0.159. The van der Waals surface area contributed by atoms with E-state index < -0.39 is 11.7 Å². The summed E-state index contributed by atoms with van der Waals surface area (Å²) >= 11 is 6.37. The molecule has 1 N–H and O–H groups in total. The largest absolute Gasteiger partial charge is 0.416 e. The smallest absolute Gasteiger partial charge is 0.360 e. The van der Waals surface area contributed by atoms with Crippen LogP contribution in [0.5, 0.6) is 0 Å². The highest BCUT2D eigenvalue weighted by molar-refractivity contribution is 6.21. The molecule has 1 saturated heterocycles. The van der Waals surface area contributed by atoms with E-state index in [1.165, 1.54) is 17.7 Å². The number of hydrogen-bond acceptors (Lipinski definition) is 2. The number of alkyl halides is 4. The van der Waals surface area contributed by atoms with E-state index in [4.69, 9.17) is 11.6 Å². The molecule has 2 atom stereocenters. The van der Waals surface area contributed by atoms with Crippen molar-refractivity contribution in [2.24, 2.45) is 0 Å². The van der Waals surface area contributed by atoms with E-state index in [-0.39, 0.29) is 5.38 Å². The molecule has 0 spiro atoms. The number of halogens is 4. The van der Waals surface area contributed by atoms with E-state index in [1.807, 2.05) is 18.3 Å². The Morgan fingerprint density at radius 2 is 1.90 bits per heavy atom. The van der Waals surface area contributed by atoms with Crippen LogP contribution in [0.1, 0.15) is 24.0 Å². The molecule has 2 aliphatic rings. The molecule has 0 radical (unpaired) electrons.